The minimum atomic E-state index is -0.265. The van der Waals surface area contributed by atoms with Crippen LogP contribution >= 0.6 is 0 Å². The Kier molecular flexibility index (Phi) is 6.02. The van der Waals surface area contributed by atoms with Crippen molar-refractivity contribution in [2.45, 2.75) is 50.5 Å². The van der Waals surface area contributed by atoms with Crippen molar-refractivity contribution in [3.63, 3.8) is 0 Å². The maximum absolute atomic E-state index is 13.5. The van der Waals surface area contributed by atoms with Gasteiger partial charge in [0, 0.05) is 18.4 Å². The molecule has 154 valence electrons. The monoisotopic (exact) mass is 397 g/mol. The normalized spacial score (nSPS) is 22.3. The van der Waals surface area contributed by atoms with Crippen LogP contribution in [-0.2, 0) is 11.2 Å². The molecule has 1 amide bonds. The van der Waals surface area contributed by atoms with E-state index in [0.717, 1.165) is 41.9 Å². The molecule has 2 aromatic carbocycles. The van der Waals surface area contributed by atoms with Crippen molar-refractivity contribution in [2.24, 2.45) is 5.92 Å². The van der Waals surface area contributed by atoms with E-state index in [0.29, 0.717) is 13.0 Å². The molecule has 1 saturated heterocycles. The number of piperidine rings is 1. The number of carbonyl (C=O) groups excluding carboxylic acids is 1. The number of ether oxygens (including phenoxy) is 2. The summed E-state index contributed by atoms with van der Waals surface area (Å²) in [5.41, 5.74) is 1.99. The van der Waals surface area contributed by atoms with Gasteiger partial charge in [-0.05, 0) is 73.9 Å². The molecule has 4 rings (SSSR count). The summed E-state index contributed by atoms with van der Waals surface area (Å²) in [6.45, 7) is 0.605. The fourth-order valence-electron chi connectivity index (χ4n) is 4.51. The topological polar surface area (TPSA) is 47.6 Å². The van der Waals surface area contributed by atoms with Crippen LogP contribution in [-0.4, -0.2) is 25.7 Å². The second-order valence-corrected chi connectivity index (χ2v) is 8.14. The number of hydrogen-bond acceptors (Lipinski definition) is 3. The number of benzene rings is 2. The number of hydrogen-bond donors (Lipinski definition) is 1. The summed E-state index contributed by atoms with van der Waals surface area (Å²) < 4.78 is 25.2. The van der Waals surface area contributed by atoms with E-state index in [1.54, 1.807) is 13.2 Å². The molecule has 0 unspecified atom stereocenters. The predicted octanol–water partition coefficient (Wildman–Crippen LogP) is 4.62. The summed E-state index contributed by atoms with van der Waals surface area (Å²) in [7, 11) is 1.66. The SMILES string of the molecule is COc1ccc([C@H]2CNC(=O)[C@@H](Cc3cccc(F)c3)C2)cc1OC1CCCC1. The molecule has 2 atom stereocenters. The van der Waals surface area contributed by atoms with E-state index in [-0.39, 0.29) is 29.7 Å². The highest BCUT2D eigenvalue weighted by Crippen LogP contribution is 2.37. The first kappa shape index (κ1) is 19.7. The Morgan fingerprint density at radius 1 is 1.10 bits per heavy atom. The molecule has 0 aromatic heterocycles. The molecule has 2 aromatic rings. The molecular formula is C24H28FNO3. The van der Waals surface area contributed by atoms with Crippen molar-refractivity contribution >= 4 is 5.91 Å². The van der Waals surface area contributed by atoms with Crippen LogP contribution in [0.25, 0.3) is 0 Å². The van der Waals surface area contributed by atoms with Crippen molar-refractivity contribution in [3.8, 4) is 11.5 Å². The van der Waals surface area contributed by atoms with Crippen LogP contribution in [0, 0.1) is 11.7 Å². The molecule has 0 spiro atoms. The van der Waals surface area contributed by atoms with E-state index < -0.39 is 0 Å². The lowest BCUT2D eigenvalue weighted by Gasteiger charge is -2.30. The molecule has 1 aliphatic heterocycles. The van der Waals surface area contributed by atoms with Crippen LogP contribution in [0.2, 0.25) is 0 Å². The minimum absolute atomic E-state index is 0.0430. The van der Waals surface area contributed by atoms with Gasteiger partial charge >= 0.3 is 0 Å². The van der Waals surface area contributed by atoms with Crippen LogP contribution in [0.1, 0.15) is 49.1 Å². The number of carbonyl (C=O) groups is 1. The molecular weight excluding hydrogens is 369 g/mol. The van der Waals surface area contributed by atoms with Gasteiger partial charge in [-0.15, -0.1) is 0 Å². The molecule has 1 N–H and O–H groups in total. The Labute approximate surface area is 171 Å². The molecule has 1 heterocycles. The van der Waals surface area contributed by atoms with Crippen LogP contribution in [0.3, 0.4) is 0 Å². The van der Waals surface area contributed by atoms with Crippen molar-refractivity contribution in [1.82, 2.24) is 5.32 Å². The third-order valence-corrected chi connectivity index (χ3v) is 6.09. The average Bonchev–Trinajstić information content (AvgIpc) is 3.23. The summed E-state index contributed by atoms with van der Waals surface area (Å²) in [6, 6.07) is 12.6. The van der Waals surface area contributed by atoms with E-state index >= 15 is 0 Å². The van der Waals surface area contributed by atoms with Crippen molar-refractivity contribution in [2.75, 3.05) is 13.7 Å². The van der Waals surface area contributed by atoms with Crippen molar-refractivity contribution < 1.29 is 18.7 Å². The Hall–Kier alpha value is -2.56. The van der Waals surface area contributed by atoms with Gasteiger partial charge in [0.2, 0.25) is 5.91 Å². The summed E-state index contributed by atoms with van der Waals surface area (Å²) >= 11 is 0. The average molecular weight is 397 g/mol. The first-order chi connectivity index (χ1) is 14.1. The third-order valence-electron chi connectivity index (χ3n) is 6.09. The summed E-state index contributed by atoms with van der Waals surface area (Å²) in [4.78, 5) is 12.4. The summed E-state index contributed by atoms with van der Waals surface area (Å²) in [5.74, 6) is 1.34. The summed E-state index contributed by atoms with van der Waals surface area (Å²) in [5, 5.41) is 3.03. The van der Waals surface area contributed by atoms with Crippen molar-refractivity contribution in [1.29, 1.82) is 0 Å². The fraction of sp³-hybridized carbons (Fsp3) is 0.458. The van der Waals surface area contributed by atoms with Gasteiger partial charge in [-0.1, -0.05) is 18.2 Å². The quantitative estimate of drug-likeness (QED) is 0.774. The van der Waals surface area contributed by atoms with Crippen molar-refractivity contribution in [3.05, 3.63) is 59.4 Å². The van der Waals surface area contributed by atoms with Gasteiger partial charge in [-0.3, -0.25) is 4.79 Å². The second kappa shape index (κ2) is 8.85. The predicted molar refractivity (Wildman–Crippen MR) is 110 cm³/mol. The van der Waals surface area contributed by atoms with Gasteiger partial charge in [0.15, 0.2) is 11.5 Å². The lowest BCUT2D eigenvalue weighted by molar-refractivity contribution is -0.126. The van der Waals surface area contributed by atoms with Crippen LogP contribution < -0.4 is 14.8 Å². The highest BCUT2D eigenvalue weighted by Gasteiger charge is 2.30. The number of amides is 1. The highest BCUT2D eigenvalue weighted by atomic mass is 19.1. The zero-order chi connectivity index (χ0) is 20.2. The van der Waals surface area contributed by atoms with Gasteiger partial charge in [0.25, 0.3) is 0 Å². The minimum Gasteiger partial charge on any atom is -0.493 e. The zero-order valence-electron chi connectivity index (χ0n) is 16.8. The molecule has 29 heavy (non-hydrogen) atoms. The van der Waals surface area contributed by atoms with E-state index in [9.17, 15) is 9.18 Å². The second-order valence-electron chi connectivity index (χ2n) is 8.14. The fourth-order valence-corrected chi connectivity index (χ4v) is 4.51. The Morgan fingerprint density at radius 2 is 1.93 bits per heavy atom. The third kappa shape index (κ3) is 4.72. The molecule has 0 radical (unpaired) electrons. The van der Waals surface area contributed by atoms with E-state index in [2.05, 4.69) is 17.4 Å². The van der Waals surface area contributed by atoms with Crippen LogP contribution in [0.15, 0.2) is 42.5 Å². The first-order valence-electron chi connectivity index (χ1n) is 10.5. The molecule has 4 nitrogen and oxygen atoms in total. The highest BCUT2D eigenvalue weighted by molar-refractivity contribution is 5.80. The molecule has 0 bridgehead atoms. The van der Waals surface area contributed by atoms with E-state index in [1.165, 1.54) is 25.0 Å². The molecule has 5 heteroatoms. The van der Waals surface area contributed by atoms with Gasteiger partial charge in [-0.25, -0.2) is 4.39 Å². The molecule has 1 aliphatic carbocycles. The van der Waals surface area contributed by atoms with Gasteiger partial charge in [0.05, 0.1) is 13.2 Å². The van der Waals surface area contributed by atoms with Gasteiger partial charge in [0.1, 0.15) is 5.82 Å². The maximum atomic E-state index is 13.5. The Balaban J connectivity index is 1.50. The molecule has 2 fully saturated rings. The zero-order valence-corrected chi connectivity index (χ0v) is 16.8. The standard InChI is InChI=1S/C24H28FNO3/c1-28-22-10-9-17(14-23(22)29-21-7-2-3-8-21)19-13-18(24(27)26-15-19)11-16-5-4-6-20(25)12-16/h4-6,9-10,12,14,18-19,21H,2-3,7-8,11,13,15H2,1H3,(H,26,27)/t18-,19+/m0/s1. The molecule has 2 aliphatic rings. The number of rotatable bonds is 6. The number of nitrogens with one attached hydrogen (secondary N) is 1. The maximum Gasteiger partial charge on any atom is 0.223 e. The van der Waals surface area contributed by atoms with Gasteiger partial charge < -0.3 is 14.8 Å². The van der Waals surface area contributed by atoms with Gasteiger partial charge in [-0.2, -0.15) is 0 Å². The summed E-state index contributed by atoms with van der Waals surface area (Å²) in [6.07, 6.45) is 6.13. The smallest absolute Gasteiger partial charge is 0.223 e. The van der Waals surface area contributed by atoms with E-state index in [1.807, 2.05) is 12.1 Å². The Bertz CT molecular complexity index is 863. The number of methoxy groups -OCH3 is 1. The largest absolute Gasteiger partial charge is 0.493 e. The van der Waals surface area contributed by atoms with Crippen LogP contribution in [0.5, 0.6) is 11.5 Å². The van der Waals surface area contributed by atoms with Crippen LogP contribution in [0.4, 0.5) is 4.39 Å². The number of halogens is 1. The molecule has 1 saturated carbocycles. The lowest BCUT2D eigenvalue weighted by atomic mass is 9.82. The lowest BCUT2D eigenvalue weighted by Crippen LogP contribution is -2.41. The van der Waals surface area contributed by atoms with E-state index in [4.69, 9.17) is 9.47 Å². The Morgan fingerprint density at radius 3 is 2.69 bits per heavy atom. The first-order valence-corrected chi connectivity index (χ1v) is 10.5.